The minimum absolute atomic E-state index is 0.0465. The van der Waals surface area contributed by atoms with Gasteiger partial charge in [-0.25, -0.2) is 9.78 Å². The quantitative estimate of drug-likeness (QED) is 0.203. The molecule has 50 heavy (non-hydrogen) atoms. The second-order valence-corrected chi connectivity index (χ2v) is 15.3. The first-order chi connectivity index (χ1) is 24.1. The molecule has 3 amide bonds. The van der Waals surface area contributed by atoms with Crippen LogP contribution in [0.1, 0.15) is 108 Å². The summed E-state index contributed by atoms with van der Waals surface area (Å²) >= 11 is 1.40. The van der Waals surface area contributed by atoms with E-state index in [0.717, 1.165) is 63.5 Å². The number of ether oxygens (including phenoxy) is 1. The molecule has 4 rings (SSSR count). The topological polar surface area (TPSA) is 133 Å². The molecule has 0 unspecified atom stereocenters. The number of aromatic nitrogens is 2. The molecule has 2 heterocycles. The number of esters is 1. The molecule has 2 fully saturated rings. The number of carbonyl (C=O) groups excluding carboxylic acids is 4. The van der Waals surface area contributed by atoms with Gasteiger partial charge >= 0.3 is 5.97 Å². The first-order valence-corrected chi connectivity index (χ1v) is 19.5. The van der Waals surface area contributed by atoms with E-state index in [1.165, 1.54) is 17.8 Å². The predicted octanol–water partition coefficient (Wildman–Crippen LogP) is 5.41. The zero-order valence-electron chi connectivity index (χ0n) is 30.2. The monoisotopic (exact) mass is 711 g/mol. The van der Waals surface area contributed by atoms with Crippen LogP contribution in [0.3, 0.4) is 0 Å². The molecule has 0 aromatic carbocycles. The number of aliphatic hydroxyl groups is 1. The van der Waals surface area contributed by atoms with E-state index in [-0.39, 0.29) is 49.6 Å². The van der Waals surface area contributed by atoms with Crippen LogP contribution in [0.4, 0.5) is 0 Å². The number of amides is 3. The maximum absolute atomic E-state index is 14.2. The van der Waals surface area contributed by atoms with Crippen molar-refractivity contribution < 1.29 is 29.0 Å². The van der Waals surface area contributed by atoms with Crippen molar-refractivity contribution in [2.75, 3.05) is 26.7 Å². The first kappa shape index (κ1) is 39.4. The predicted molar refractivity (Wildman–Crippen MR) is 193 cm³/mol. The molecule has 2 aromatic heterocycles. The Balaban J connectivity index is 1.48. The molecule has 2 aromatic rings. The number of nitrogens with zero attached hydrogens (tertiary/aromatic N) is 5. The lowest BCUT2D eigenvalue weighted by molar-refractivity contribution is -0.164. The van der Waals surface area contributed by atoms with Gasteiger partial charge in [-0.05, 0) is 57.1 Å². The number of carbonyl (C=O) groups is 4. The van der Waals surface area contributed by atoms with Crippen molar-refractivity contribution >= 4 is 35.0 Å². The Morgan fingerprint density at radius 3 is 2.20 bits per heavy atom. The SMILES string of the molecule is CC(C)OC(=O)[C@H](O)[C@H](CC1CCCCC1)N(Cc1nccs1)C(=O)CCC(=O)N(CC(=O)N(C)CCc1ccccn1)CC1CCCCC1. The highest BCUT2D eigenvalue weighted by atomic mass is 32.1. The van der Waals surface area contributed by atoms with E-state index in [2.05, 4.69) is 9.97 Å². The summed E-state index contributed by atoms with van der Waals surface area (Å²) in [5.41, 5.74) is 0.896. The molecule has 0 saturated heterocycles. The summed E-state index contributed by atoms with van der Waals surface area (Å²) in [6.45, 7) is 4.50. The molecule has 12 heteroatoms. The van der Waals surface area contributed by atoms with Crippen molar-refractivity contribution in [2.24, 2.45) is 11.8 Å². The van der Waals surface area contributed by atoms with Crippen molar-refractivity contribution in [3.8, 4) is 0 Å². The summed E-state index contributed by atoms with van der Waals surface area (Å²) in [4.78, 5) is 68.1. The number of likely N-dealkylation sites (N-methyl/N-ethyl adjacent to an activating group) is 1. The standard InChI is InChI=1S/C38H57N5O6S/c1-28(2)49-38(48)37(47)32(24-29-12-6-4-7-13-29)43(26-33-40-21-23-50-33)35(45)18-17-34(44)42(25-30-14-8-5-9-15-30)27-36(46)41(3)22-19-31-16-10-11-20-39-31/h10-11,16,20-21,23,28-30,32,37,47H,4-9,12-15,17-19,22,24-27H2,1-3H3/t32-,37+/m0/s1. The van der Waals surface area contributed by atoms with E-state index in [0.29, 0.717) is 36.9 Å². The van der Waals surface area contributed by atoms with E-state index in [1.807, 2.05) is 23.6 Å². The summed E-state index contributed by atoms with van der Waals surface area (Å²) in [6, 6.07) is 4.89. The van der Waals surface area contributed by atoms with E-state index in [4.69, 9.17) is 4.74 Å². The summed E-state index contributed by atoms with van der Waals surface area (Å²) in [5.74, 6) is -0.900. The van der Waals surface area contributed by atoms with Gasteiger partial charge in [-0.15, -0.1) is 11.3 Å². The van der Waals surface area contributed by atoms with Gasteiger partial charge in [-0.3, -0.25) is 19.4 Å². The molecule has 0 spiro atoms. The van der Waals surface area contributed by atoms with Gasteiger partial charge in [-0.1, -0.05) is 57.4 Å². The van der Waals surface area contributed by atoms with Gasteiger partial charge < -0.3 is 24.5 Å². The summed E-state index contributed by atoms with van der Waals surface area (Å²) in [5, 5.41) is 13.9. The van der Waals surface area contributed by atoms with Crippen LogP contribution >= 0.6 is 11.3 Å². The second-order valence-electron chi connectivity index (χ2n) is 14.3. The highest BCUT2D eigenvalue weighted by Gasteiger charge is 2.38. The molecule has 276 valence electrons. The van der Waals surface area contributed by atoms with Crippen LogP contribution in [0.2, 0.25) is 0 Å². The van der Waals surface area contributed by atoms with Crippen LogP contribution in [0, 0.1) is 11.8 Å². The minimum Gasteiger partial charge on any atom is -0.461 e. The Morgan fingerprint density at radius 1 is 0.900 bits per heavy atom. The molecule has 11 nitrogen and oxygen atoms in total. The minimum atomic E-state index is -1.53. The molecule has 0 radical (unpaired) electrons. The fourth-order valence-electron chi connectivity index (χ4n) is 7.21. The lowest BCUT2D eigenvalue weighted by Crippen LogP contribution is -2.51. The third kappa shape index (κ3) is 12.7. The number of hydrogen-bond acceptors (Lipinski definition) is 9. The summed E-state index contributed by atoms with van der Waals surface area (Å²) < 4.78 is 5.41. The number of rotatable bonds is 18. The number of thiazole rings is 1. The van der Waals surface area contributed by atoms with E-state index in [1.54, 1.807) is 48.0 Å². The highest BCUT2D eigenvalue weighted by Crippen LogP contribution is 2.31. The number of aliphatic hydroxyl groups excluding tert-OH is 1. The van der Waals surface area contributed by atoms with Crippen molar-refractivity contribution in [1.29, 1.82) is 0 Å². The van der Waals surface area contributed by atoms with Crippen LogP contribution in [0.25, 0.3) is 0 Å². The number of hydrogen-bond donors (Lipinski definition) is 1. The molecule has 0 aliphatic heterocycles. The Bertz CT molecular complexity index is 1330. The fourth-order valence-corrected chi connectivity index (χ4v) is 7.82. The highest BCUT2D eigenvalue weighted by molar-refractivity contribution is 7.09. The molecule has 2 aliphatic carbocycles. The zero-order valence-corrected chi connectivity index (χ0v) is 31.0. The molecule has 2 saturated carbocycles. The van der Waals surface area contributed by atoms with Gasteiger partial charge in [-0.2, -0.15) is 0 Å². The van der Waals surface area contributed by atoms with Crippen LogP contribution in [0.5, 0.6) is 0 Å². The van der Waals surface area contributed by atoms with Crippen LogP contribution in [-0.2, 0) is 36.9 Å². The van der Waals surface area contributed by atoms with Crippen molar-refractivity contribution in [3.63, 3.8) is 0 Å². The second kappa shape index (κ2) is 20.5. The number of pyridine rings is 1. The molecule has 2 atom stereocenters. The molecule has 1 N–H and O–H groups in total. The van der Waals surface area contributed by atoms with Gasteiger partial charge in [0, 0.05) is 62.9 Å². The Labute approximate surface area is 301 Å². The summed E-state index contributed by atoms with van der Waals surface area (Å²) in [6.07, 6.45) is 13.0. The van der Waals surface area contributed by atoms with Gasteiger partial charge in [0.15, 0.2) is 6.10 Å². The Morgan fingerprint density at radius 2 is 1.58 bits per heavy atom. The average molecular weight is 712 g/mol. The van der Waals surface area contributed by atoms with Crippen molar-refractivity contribution in [2.45, 2.75) is 129 Å². The van der Waals surface area contributed by atoms with Crippen LogP contribution < -0.4 is 0 Å². The largest absolute Gasteiger partial charge is 0.461 e. The van der Waals surface area contributed by atoms with Gasteiger partial charge in [0.1, 0.15) is 5.01 Å². The van der Waals surface area contributed by atoms with Gasteiger partial charge in [0.25, 0.3) is 0 Å². The zero-order chi connectivity index (χ0) is 35.9. The molecule has 0 bridgehead atoms. The maximum atomic E-state index is 14.2. The van der Waals surface area contributed by atoms with Gasteiger partial charge in [0.2, 0.25) is 17.7 Å². The lowest BCUT2D eigenvalue weighted by atomic mass is 9.83. The van der Waals surface area contributed by atoms with E-state index >= 15 is 0 Å². The molecular formula is C38H57N5O6S. The molecular weight excluding hydrogens is 655 g/mol. The summed E-state index contributed by atoms with van der Waals surface area (Å²) in [7, 11) is 1.75. The Kier molecular flexibility index (Phi) is 16.1. The smallest absolute Gasteiger partial charge is 0.337 e. The first-order valence-electron chi connectivity index (χ1n) is 18.6. The fraction of sp³-hybridized carbons (Fsp3) is 0.684. The van der Waals surface area contributed by atoms with Crippen LogP contribution in [0.15, 0.2) is 36.0 Å². The third-order valence-electron chi connectivity index (χ3n) is 10.1. The lowest BCUT2D eigenvalue weighted by Gasteiger charge is -2.37. The van der Waals surface area contributed by atoms with Crippen molar-refractivity contribution in [1.82, 2.24) is 24.7 Å². The average Bonchev–Trinajstić information content (AvgIpc) is 3.64. The maximum Gasteiger partial charge on any atom is 0.337 e. The van der Waals surface area contributed by atoms with Gasteiger partial charge in [0.05, 0.1) is 25.2 Å². The van der Waals surface area contributed by atoms with Crippen molar-refractivity contribution in [3.05, 3.63) is 46.7 Å². The van der Waals surface area contributed by atoms with Crippen LogP contribution in [-0.4, -0.2) is 98.4 Å². The molecule has 2 aliphatic rings. The Hall–Kier alpha value is -3.38. The normalized spacial score (nSPS) is 16.8. The van der Waals surface area contributed by atoms with E-state index < -0.39 is 24.2 Å². The third-order valence-corrected chi connectivity index (χ3v) is 10.8. The van der Waals surface area contributed by atoms with E-state index in [9.17, 15) is 24.3 Å².